The molecule has 1 unspecified atom stereocenters. The molecule has 1 aromatic rings. The zero-order valence-electron chi connectivity index (χ0n) is 12.1. The van der Waals surface area contributed by atoms with Crippen LogP contribution in [0.5, 0.6) is 0 Å². The van der Waals surface area contributed by atoms with Gasteiger partial charge in [-0.2, -0.15) is 11.8 Å². The molecule has 0 saturated heterocycles. The average molecular weight is 315 g/mol. The van der Waals surface area contributed by atoms with Gasteiger partial charge in [0.2, 0.25) is 0 Å². The molecule has 0 radical (unpaired) electrons. The number of nitrogens with one attached hydrogen (secondary N) is 2. The molecule has 1 aromatic carbocycles. The second-order valence-electron chi connectivity index (χ2n) is 4.51. The van der Waals surface area contributed by atoms with E-state index in [4.69, 9.17) is 0 Å². The van der Waals surface area contributed by atoms with E-state index in [1.807, 2.05) is 13.2 Å². The Labute approximate surface area is 126 Å². The lowest BCUT2D eigenvalue weighted by Crippen LogP contribution is -2.33. The van der Waals surface area contributed by atoms with Crippen molar-refractivity contribution in [3.63, 3.8) is 0 Å². The molecular formula is C13H18FN3O3S. The maximum Gasteiger partial charge on any atom is 0.285 e. The number of benzene rings is 1. The van der Waals surface area contributed by atoms with E-state index >= 15 is 0 Å². The smallest absolute Gasteiger partial charge is 0.285 e. The third-order valence-electron chi connectivity index (χ3n) is 2.93. The van der Waals surface area contributed by atoms with Gasteiger partial charge < -0.3 is 10.6 Å². The summed E-state index contributed by atoms with van der Waals surface area (Å²) in [5.41, 5.74) is -0.648. The summed E-state index contributed by atoms with van der Waals surface area (Å²) in [6, 6.07) is 1.80. The van der Waals surface area contributed by atoms with Crippen molar-refractivity contribution in [2.45, 2.75) is 19.4 Å². The number of nitrogens with zero attached hydrogens (tertiary/aromatic N) is 1. The lowest BCUT2D eigenvalue weighted by atomic mass is 10.1. The van der Waals surface area contributed by atoms with Crippen LogP contribution >= 0.6 is 11.8 Å². The fourth-order valence-corrected chi connectivity index (χ4v) is 2.34. The van der Waals surface area contributed by atoms with Gasteiger partial charge in [-0.1, -0.05) is 0 Å². The van der Waals surface area contributed by atoms with Crippen LogP contribution in [0.1, 0.15) is 23.7 Å². The maximum atomic E-state index is 13.6. The summed E-state index contributed by atoms with van der Waals surface area (Å²) in [5.74, 6) is -0.475. The molecule has 0 bridgehead atoms. The number of nitro groups is 1. The summed E-state index contributed by atoms with van der Waals surface area (Å²) >= 11 is 1.65. The summed E-state index contributed by atoms with van der Waals surface area (Å²) in [6.07, 6.45) is 2.71. The molecule has 1 atom stereocenters. The van der Waals surface area contributed by atoms with Crippen LogP contribution in [-0.4, -0.2) is 35.9 Å². The van der Waals surface area contributed by atoms with E-state index in [1.54, 1.807) is 11.8 Å². The zero-order chi connectivity index (χ0) is 16.0. The molecule has 0 spiro atoms. The van der Waals surface area contributed by atoms with Crippen LogP contribution in [-0.2, 0) is 0 Å². The predicted molar refractivity (Wildman–Crippen MR) is 82.5 cm³/mol. The molecule has 21 heavy (non-hydrogen) atoms. The number of carbonyl (C=O) groups is 1. The number of thioether (sulfide) groups is 1. The molecule has 0 aliphatic heterocycles. The molecule has 0 saturated carbocycles. The van der Waals surface area contributed by atoms with Crippen molar-refractivity contribution in [1.29, 1.82) is 0 Å². The Bertz CT molecular complexity index is 540. The molecule has 8 heteroatoms. The number of anilines is 1. The van der Waals surface area contributed by atoms with Crippen molar-refractivity contribution in [1.82, 2.24) is 5.32 Å². The Balaban J connectivity index is 3.04. The van der Waals surface area contributed by atoms with E-state index in [-0.39, 0.29) is 17.3 Å². The molecule has 0 heterocycles. The Morgan fingerprint density at radius 1 is 1.52 bits per heavy atom. The van der Waals surface area contributed by atoms with E-state index in [1.165, 1.54) is 7.05 Å². The average Bonchev–Trinajstić information content (AvgIpc) is 2.44. The highest BCUT2D eigenvalue weighted by Gasteiger charge is 2.24. The van der Waals surface area contributed by atoms with Crippen LogP contribution < -0.4 is 10.6 Å². The van der Waals surface area contributed by atoms with Gasteiger partial charge in [0.15, 0.2) is 5.82 Å². The number of hydrogen-bond donors (Lipinski definition) is 2. The highest BCUT2D eigenvalue weighted by atomic mass is 32.2. The Morgan fingerprint density at radius 3 is 2.71 bits per heavy atom. The lowest BCUT2D eigenvalue weighted by Gasteiger charge is -2.14. The van der Waals surface area contributed by atoms with Crippen LogP contribution in [0.3, 0.4) is 0 Å². The molecule has 116 valence electrons. The van der Waals surface area contributed by atoms with Crippen LogP contribution in [0, 0.1) is 15.9 Å². The summed E-state index contributed by atoms with van der Waals surface area (Å²) in [5, 5.41) is 16.2. The van der Waals surface area contributed by atoms with Crippen molar-refractivity contribution in [3.05, 3.63) is 33.6 Å². The first-order valence-corrected chi connectivity index (χ1v) is 7.75. The van der Waals surface area contributed by atoms with E-state index in [0.717, 1.165) is 24.3 Å². The van der Waals surface area contributed by atoms with Gasteiger partial charge in [0.25, 0.3) is 11.6 Å². The van der Waals surface area contributed by atoms with Crippen molar-refractivity contribution < 1.29 is 14.1 Å². The number of rotatable bonds is 7. The van der Waals surface area contributed by atoms with Crippen molar-refractivity contribution in [3.8, 4) is 0 Å². The second-order valence-corrected chi connectivity index (χ2v) is 5.50. The van der Waals surface area contributed by atoms with Gasteiger partial charge in [-0.3, -0.25) is 14.9 Å². The maximum absolute atomic E-state index is 13.6. The fourth-order valence-electron chi connectivity index (χ4n) is 1.76. The van der Waals surface area contributed by atoms with Gasteiger partial charge in [-0.15, -0.1) is 0 Å². The lowest BCUT2D eigenvalue weighted by molar-refractivity contribution is -0.385. The minimum atomic E-state index is -0.767. The molecule has 0 fully saturated rings. The first kappa shape index (κ1) is 17.2. The number of carbonyl (C=O) groups excluding carboxylic acids is 1. The third-order valence-corrected chi connectivity index (χ3v) is 3.57. The zero-order valence-corrected chi connectivity index (χ0v) is 12.9. The summed E-state index contributed by atoms with van der Waals surface area (Å²) in [4.78, 5) is 22.4. The summed E-state index contributed by atoms with van der Waals surface area (Å²) in [7, 11) is 1.48. The number of halogens is 1. The molecule has 0 aliphatic carbocycles. The Kier molecular flexibility index (Phi) is 6.41. The van der Waals surface area contributed by atoms with Gasteiger partial charge in [0, 0.05) is 13.1 Å². The molecule has 1 amide bonds. The second kappa shape index (κ2) is 7.82. The topological polar surface area (TPSA) is 84.3 Å². The SMILES string of the molecule is CNc1cc(C(=O)NC(C)CCSC)c([N+](=O)[O-])cc1F. The molecule has 0 aromatic heterocycles. The van der Waals surface area contributed by atoms with Gasteiger partial charge >= 0.3 is 0 Å². The number of amides is 1. The molecule has 2 N–H and O–H groups in total. The van der Waals surface area contributed by atoms with E-state index in [9.17, 15) is 19.3 Å². The van der Waals surface area contributed by atoms with E-state index in [2.05, 4.69) is 10.6 Å². The predicted octanol–water partition coefficient (Wildman–Crippen LogP) is 2.65. The summed E-state index contributed by atoms with van der Waals surface area (Å²) in [6.45, 7) is 1.82. The molecular weight excluding hydrogens is 297 g/mol. The largest absolute Gasteiger partial charge is 0.386 e. The van der Waals surface area contributed by atoms with Gasteiger partial charge in [0.1, 0.15) is 5.56 Å². The van der Waals surface area contributed by atoms with Crippen molar-refractivity contribution in [2.24, 2.45) is 0 Å². The molecule has 6 nitrogen and oxygen atoms in total. The minimum absolute atomic E-state index is 0.0440. The van der Waals surface area contributed by atoms with Crippen LogP contribution in [0.25, 0.3) is 0 Å². The van der Waals surface area contributed by atoms with Crippen LogP contribution in [0.4, 0.5) is 15.8 Å². The number of nitro benzene ring substituents is 1. The molecule has 0 aliphatic rings. The number of hydrogen-bond acceptors (Lipinski definition) is 5. The van der Waals surface area contributed by atoms with Crippen molar-refractivity contribution in [2.75, 3.05) is 24.4 Å². The highest BCUT2D eigenvalue weighted by Crippen LogP contribution is 2.26. The highest BCUT2D eigenvalue weighted by molar-refractivity contribution is 7.98. The minimum Gasteiger partial charge on any atom is -0.386 e. The Hall–Kier alpha value is -1.83. The van der Waals surface area contributed by atoms with Crippen LogP contribution in [0.15, 0.2) is 12.1 Å². The normalized spacial score (nSPS) is 11.8. The van der Waals surface area contributed by atoms with E-state index in [0.29, 0.717) is 0 Å². The summed E-state index contributed by atoms with van der Waals surface area (Å²) < 4.78 is 13.6. The van der Waals surface area contributed by atoms with Gasteiger partial charge in [0.05, 0.1) is 16.7 Å². The standard InChI is InChI=1S/C13H18FN3O3S/c1-8(4-5-21-3)16-13(18)9-6-11(15-2)10(14)7-12(9)17(19)20/h6-8,15H,4-5H2,1-3H3,(H,16,18). The molecule has 1 rings (SSSR count). The van der Waals surface area contributed by atoms with E-state index < -0.39 is 22.3 Å². The van der Waals surface area contributed by atoms with Gasteiger partial charge in [-0.25, -0.2) is 4.39 Å². The van der Waals surface area contributed by atoms with Crippen molar-refractivity contribution >= 4 is 29.0 Å². The monoisotopic (exact) mass is 315 g/mol. The first-order chi connectivity index (χ1) is 9.90. The van der Waals surface area contributed by atoms with Gasteiger partial charge in [-0.05, 0) is 31.4 Å². The van der Waals surface area contributed by atoms with Crippen LogP contribution in [0.2, 0.25) is 0 Å². The quantitative estimate of drug-likeness (QED) is 0.597. The Morgan fingerprint density at radius 2 is 2.19 bits per heavy atom. The fraction of sp³-hybridized carbons (Fsp3) is 0.462. The first-order valence-electron chi connectivity index (χ1n) is 6.36. The third kappa shape index (κ3) is 4.59.